The molecule has 2 unspecified atom stereocenters. The first-order valence-electron chi connectivity index (χ1n) is 3.70. The van der Waals surface area contributed by atoms with Gasteiger partial charge in [0.25, 0.3) is 0 Å². The third kappa shape index (κ3) is 2.50. The van der Waals surface area contributed by atoms with Crippen LogP contribution in [0.25, 0.3) is 0 Å². The van der Waals surface area contributed by atoms with Crippen LogP contribution in [0.5, 0.6) is 0 Å². The average molecular weight is 142 g/mol. The maximum Gasteiger partial charge on any atom is 0.0813 e. The van der Waals surface area contributed by atoms with Crippen molar-refractivity contribution in [3.63, 3.8) is 0 Å². The maximum absolute atomic E-state index is 8.83. The number of hydrogen-bond acceptors (Lipinski definition) is 2. The highest BCUT2D eigenvalue weighted by Gasteiger charge is 2.25. The fourth-order valence-electron chi connectivity index (χ4n) is 1.06. The molecule has 1 N–H and O–H groups in total. The summed E-state index contributed by atoms with van der Waals surface area (Å²) in [5, 5.41) is 8.83. The standard InChI is InChI=1S/C8H14O2/c1-2-3-7(5-9)4-8-6-10-8/h2,7-9H,1,3-6H2. The molecule has 1 aliphatic heterocycles. The van der Waals surface area contributed by atoms with Gasteiger partial charge in [-0.25, -0.2) is 0 Å². The highest BCUT2D eigenvalue weighted by atomic mass is 16.6. The normalized spacial score (nSPS) is 25.9. The van der Waals surface area contributed by atoms with Crippen LogP contribution < -0.4 is 0 Å². The van der Waals surface area contributed by atoms with Gasteiger partial charge in [-0.3, -0.25) is 0 Å². The molecule has 0 aromatic carbocycles. The molecule has 0 aliphatic carbocycles. The Morgan fingerprint density at radius 1 is 1.80 bits per heavy atom. The van der Waals surface area contributed by atoms with E-state index in [0.717, 1.165) is 19.4 Å². The molecule has 2 atom stereocenters. The van der Waals surface area contributed by atoms with Crippen LogP contribution >= 0.6 is 0 Å². The fourth-order valence-corrected chi connectivity index (χ4v) is 1.06. The molecular formula is C8H14O2. The molecule has 0 bridgehead atoms. The third-order valence-corrected chi connectivity index (χ3v) is 1.76. The quantitative estimate of drug-likeness (QED) is 0.458. The van der Waals surface area contributed by atoms with Gasteiger partial charge in [0.15, 0.2) is 0 Å². The molecule has 0 spiro atoms. The van der Waals surface area contributed by atoms with E-state index in [-0.39, 0.29) is 6.61 Å². The van der Waals surface area contributed by atoms with Gasteiger partial charge in [0.1, 0.15) is 0 Å². The van der Waals surface area contributed by atoms with Crippen molar-refractivity contribution in [3.8, 4) is 0 Å². The van der Waals surface area contributed by atoms with Crippen LogP contribution in [0.3, 0.4) is 0 Å². The van der Waals surface area contributed by atoms with E-state index >= 15 is 0 Å². The van der Waals surface area contributed by atoms with Crippen molar-refractivity contribution in [2.24, 2.45) is 5.92 Å². The zero-order valence-corrected chi connectivity index (χ0v) is 6.12. The molecule has 1 heterocycles. The monoisotopic (exact) mass is 142 g/mol. The molecule has 2 nitrogen and oxygen atoms in total. The summed E-state index contributed by atoms with van der Waals surface area (Å²) in [7, 11) is 0. The summed E-state index contributed by atoms with van der Waals surface area (Å²) in [5.74, 6) is 0.366. The van der Waals surface area contributed by atoms with Crippen LogP contribution in [0.4, 0.5) is 0 Å². The summed E-state index contributed by atoms with van der Waals surface area (Å²) in [6.07, 6.45) is 4.17. The topological polar surface area (TPSA) is 32.8 Å². The Morgan fingerprint density at radius 2 is 2.50 bits per heavy atom. The molecule has 0 aromatic heterocycles. The lowest BCUT2D eigenvalue weighted by Crippen LogP contribution is -2.07. The zero-order valence-electron chi connectivity index (χ0n) is 6.12. The van der Waals surface area contributed by atoms with Crippen LogP contribution in [0.2, 0.25) is 0 Å². The van der Waals surface area contributed by atoms with Gasteiger partial charge in [0.2, 0.25) is 0 Å². The highest BCUT2D eigenvalue weighted by Crippen LogP contribution is 2.21. The van der Waals surface area contributed by atoms with E-state index in [0.29, 0.717) is 12.0 Å². The molecule has 0 radical (unpaired) electrons. The van der Waals surface area contributed by atoms with Crippen LogP contribution in [-0.4, -0.2) is 24.4 Å². The summed E-state index contributed by atoms with van der Waals surface area (Å²) in [6, 6.07) is 0. The summed E-state index contributed by atoms with van der Waals surface area (Å²) in [6.45, 7) is 4.76. The van der Waals surface area contributed by atoms with Gasteiger partial charge in [-0.2, -0.15) is 0 Å². The van der Waals surface area contributed by atoms with Gasteiger partial charge in [0.05, 0.1) is 12.7 Å². The molecule has 2 heteroatoms. The van der Waals surface area contributed by atoms with E-state index in [1.165, 1.54) is 0 Å². The minimum atomic E-state index is 0.256. The van der Waals surface area contributed by atoms with Gasteiger partial charge in [-0.05, 0) is 18.8 Å². The molecule has 0 amide bonds. The first-order chi connectivity index (χ1) is 4.86. The summed E-state index contributed by atoms with van der Waals surface area (Å²) in [5.41, 5.74) is 0. The number of epoxide rings is 1. The van der Waals surface area contributed by atoms with Gasteiger partial charge >= 0.3 is 0 Å². The summed E-state index contributed by atoms with van der Waals surface area (Å²) in [4.78, 5) is 0. The second-order valence-electron chi connectivity index (χ2n) is 2.76. The zero-order chi connectivity index (χ0) is 7.40. The molecule has 1 rings (SSSR count). The van der Waals surface area contributed by atoms with Crippen molar-refractivity contribution < 1.29 is 9.84 Å². The van der Waals surface area contributed by atoms with Crippen LogP contribution in [0, 0.1) is 5.92 Å². The van der Waals surface area contributed by atoms with Gasteiger partial charge in [0, 0.05) is 6.61 Å². The Morgan fingerprint density at radius 3 is 2.90 bits per heavy atom. The predicted molar refractivity (Wildman–Crippen MR) is 39.7 cm³/mol. The minimum absolute atomic E-state index is 0.256. The van der Waals surface area contributed by atoms with Crippen molar-refractivity contribution in [1.29, 1.82) is 0 Å². The van der Waals surface area contributed by atoms with Crippen molar-refractivity contribution in [3.05, 3.63) is 12.7 Å². The second kappa shape index (κ2) is 3.74. The van der Waals surface area contributed by atoms with Crippen molar-refractivity contribution in [2.45, 2.75) is 18.9 Å². The smallest absolute Gasteiger partial charge is 0.0813 e. The number of aliphatic hydroxyl groups excluding tert-OH is 1. The lowest BCUT2D eigenvalue weighted by Gasteiger charge is -2.08. The Hall–Kier alpha value is -0.340. The van der Waals surface area contributed by atoms with Crippen molar-refractivity contribution in [2.75, 3.05) is 13.2 Å². The summed E-state index contributed by atoms with van der Waals surface area (Å²) < 4.78 is 5.04. The molecule has 0 saturated carbocycles. The predicted octanol–water partition coefficient (Wildman–Crippen LogP) is 0.960. The average Bonchev–Trinajstić information content (AvgIpc) is 2.71. The van der Waals surface area contributed by atoms with E-state index in [9.17, 15) is 0 Å². The van der Waals surface area contributed by atoms with Crippen LogP contribution in [0.1, 0.15) is 12.8 Å². The number of aliphatic hydroxyl groups is 1. The summed E-state index contributed by atoms with van der Waals surface area (Å²) >= 11 is 0. The Balaban J connectivity index is 2.11. The van der Waals surface area contributed by atoms with Crippen LogP contribution in [0.15, 0.2) is 12.7 Å². The van der Waals surface area contributed by atoms with Gasteiger partial charge in [-0.1, -0.05) is 6.08 Å². The number of ether oxygens (including phenoxy) is 1. The Labute approximate surface area is 61.5 Å². The minimum Gasteiger partial charge on any atom is -0.396 e. The molecule has 1 aliphatic rings. The molecule has 0 aromatic rings. The number of allylic oxidation sites excluding steroid dienone is 1. The molecular weight excluding hydrogens is 128 g/mol. The lowest BCUT2D eigenvalue weighted by molar-refractivity contribution is 0.208. The van der Waals surface area contributed by atoms with Crippen molar-refractivity contribution >= 4 is 0 Å². The Bertz CT molecular complexity index is 108. The van der Waals surface area contributed by atoms with E-state index in [1.54, 1.807) is 0 Å². The molecule has 1 fully saturated rings. The molecule has 10 heavy (non-hydrogen) atoms. The largest absolute Gasteiger partial charge is 0.396 e. The fraction of sp³-hybridized carbons (Fsp3) is 0.750. The molecule has 58 valence electrons. The number of rotatable bonds is 5. The first kappa shape index (κ1) is 7.76. The number of hydrogen-bond donors (Lipinski definition) is 1. The SMILES string of the molecule is C=CCC(CO)CC1CO1. The third-order valence-electron chi connectivity index (χ3n) is 1.76. The van der Waals surface area contributed by atoms with Gasteiger partial charge in [-0.15, -0.1) is 6.58 Å². The van der Waals surface area contributed by atoms with E-state index in [4.69, 9.17) is 9.84 Å². The van der Waals surface area contributed by atoms with Gasteiger partial charge < -0.3 is 9.84 Å². The highest BCUT2D eigenvalue weighted by molar-refractivity contribution is 4.79. The maximum atomic E-state index is 8.83. The van der Waals surface area contributed by atoms with E-state index < -0.39 is 0 Å². The second-order valence-corrected chi connectivity index (χ2v) is 2.76. The van der Waals surface area contributed by atoms with E-state index in [1.807, 2.05) is 6.08 Å². The van der Waals surface area contributed by atoms with E-state index in [2.05, 4.69) is 6.58 Å². The lowest BCUT2D eigenvalue weighted by atomic mass is 10.0. The molecule has 1 saturated heterocycles. The Kier molecular flexibility index (Phi) is 2.90. The first-order valence-corrected chi connectivity index (χ1v) is 3.70. The van der Waals surface area contributed by atoms with Crippen molar-refractivity contribution in [1.82, 2.24) is 0 Å². The van der Waals surface area contributed by atoms with Crippen LogP contribution in [-0.2, 0) is 4.74 Å².